The summed E-state index contributed by atoms with van der Waals surface area (Å²) in [7, 11) is 0. The quantitative estimate of drug-likeness (QED) is 0.333. The molecule has 2 fully saturated rings. The van der Waals surface area contributed by atoms with Crippen LogP contribution in [-0.2, 0) is 19.1 Å². The molecule has 0 aliphatic carbocycles. The predicted molar refractivity (Wildman–Crippen MR) is 178 cm³/mol. The van der Waals surface area contributed by atoms with Crippen LogP contribution in [0.3, 0.4) is 0 Å². The fraction of sp³-hybridized carbons (Fsp3) is 0.514. The van der Waals surface area contributed by atoms with Crippen molar-refractivity contribution in [3.05, 3.63) is 65.7 Å². The van der Waals surface area contributed by atoms with Gasteiger partial charge in [0.05, 0.1) is 5.69 Å². The molecular formula is C35H51N3O8. The van der Waals surface area contributed by atoms with E-state index in [-0.39, 0.29) is 26.5 Å². The Bertz CT molecular complexity index is 1350. The van der Waals surface area contributed by atoms with Gasteiger partial charge in [0.25, 0.3) is 0 Å². The van der Waals surface area contributed by atoms with Crippen LogP contribution in [0.2, 0.25) is 0 Å². The Kier molecular flexibility index (Phi) is 14.4. The number of hydrogen-bond acceptors (Lipinski definition) is 7. The van der Waals surface area contributed by atoms with Crippen molar-refractivity contribution in [2.75, 3.05) is 18.4 Å². The number of carbonyl (C=O) groups excluding carboxylic acids is 4. The van der Waals surface area contributed by atoms with Crippen LogP contribution in [0.25, 0.3) is 0 Å². The van der Waals surface area contributed by atoms with Crippen molar-refractivity contribution < 1.29 is 38.6 Å². The second-order valence-corrected chi connectivity index (χ2v) is 12.7. The minimum atomic E-state index is -0.960. The normalized spacial score (nSPS) is 17.3. The van der Waals surface area contributed by atoms with Crippen LogP contribution < -0.4 is 5.32 Å². The summed E-state index contributed by atoms with van der Waals surface area (Å²) in [5.41, 5.74) is 0.180. The van der Waals surface area contributed by atoms with E-state index in [1.165, 1.54) is 9.80 Å². The monoisotopic (exact) mass is 641 g/mol. The van der Waals surface area contributed by atoms with Gasteiger partial charge in [0.15, 0.2) is 5.78 Å². The van der Waals surface area contributed by atoms with Crippen LogP contribution in [0, 0.1) is 0 Å². The number of carboxylic acid groups (broad SMARTS) is 1. The van der Waals surface area contributed by atoms with Crippen LogP contribution in [0.4, 0.5) is 15.3 Å². The van der Waals surface area contributed by atoms with Gasteiger partial charge >= 0.3 is 18.2 Å². The zero-order valence-corrected chi connectivity index (χ0v) is 26.3. The first kappa shape index (κ1) is 39.6. The van der Waals surface area contributed by atoms with Crippen molar-refractivity contribution in [3.63, 3.8) is 0 Å². The molecule has 11 nitrogen and oxygen atoms in total. The highest BCUT2D eigenvalue weighted by molar-refractivity contribution is 6.14. The molecule has 0 unspecified atom stereocenters. The number of likely N-dealkylation sites (tertiary alicyclic amines) is 2. The van der Waals surface area contributed by atoms with Crippen LogP contribution >= 0.6 is 0 Å². The number of anilines is 1. The van der Waals surface area contributed by atoms with E-state index in [2.05, 4.69) is 5.32 Å². The van der Waals surface area contributed by atoms with E-state index >= 15 is 0 Å². The average Bonchev–Trinajstić information content (AvgIpc) is 3.63. The van der Waals surface area contributed by atoms with Crippen molar-refractivity contribution in [2.45, 2.75) is 105 Å². The number of carboxylic acids is 1. The molecular weight excluding hydrogens is 590 g/mol. The maximum atomic E-state index is 12.9. The van der Waals surface area contributed by atoms with Crippen molar-refractivity contribution >= 4 is 35.5 Å². The number of rotatable bonds is 5. The number of benzene rings is 2. The van der Waals surface area contributed by atoms with Crippen LogP contribution in [0.1, 0.15) is 98.0 Å². The van der Waals surface area contributed by atoms with Crippen molar-refractivity contribution in [1.29, 1.82) is 0 Å². The highest BCUT2D eigenvalue weighted by Crippen LogP contribution is 2.25. The van der Waals surface area contributed by atoms with E-state index in [1.807, 2.05) is 6.07 Å². The van der Waals surface area contributed by atoms with Gasteiger partial charge in [-0.3, -0.25) is 19.4 Å². The number of ketones is 1. The highest BCUT2D eigenvalue weighted by Gasteiger charge is 2.38. The van der Waals surface area contributed by atoms with E-state index in [1.54, 1.807) is 90.1 Å². The third kappa shape index (κ3) is 11.2. The van der Waals surface area contributed by atoms with Gasteiger partial charge < -0.3 is 19.9 Å². The molecule has 2 aromatic rings. The molecule has 0 saturated carbocycles. The Labute approximate surface area is 273 Å². The van der Waals surface area contributed by atoms with Gasteiger partial charge in [-0.25, -0.2) is 14.4 Å². The van der Waals surface area contributed by atoms with Gasteiger partial charge in [-0.15, -0.1) is 0 Å². The van der Waals surface area contributed by atoms with Gasteiger partial charge in [-0.05, 0) is 79.4 Å². The lowest BCUT2D eigenvalue weighted by Crippen LogP contribution is -2.45. The second kappa shape index (κ2) is 16.8. The molecule has 2 N–H and O–H groups in total. The molecule has 254 valence electrons. The van der Waals surface area contributed by atoms with Crippen molar-refractivity contribution in [3.8, 4) is 0 Å². The zero-order valence-electron chi connectivity index (χ0n) is 26.3. The molecule has 0 aromatic heterocycles. The fourth-order valence-corrected chi connectivity index (χ4v) is 4.89. The molecule has 11 heteroatoms. The Balaban J connectivity index is 0.000000531. The average molecular weight is 642 g/mol. The van der Waals surface area contributed by atoms with Crippen molar-refractivity contribution in [1.82, 2.24) is 9.80 Å². The van der Waals surface area contributed by atoms with E-state index in [4.69, 9.17) is 14.6 Å². The first-order chi connectivity index (χ1) is 20.6. The summed E-state index contributed by atoms with van der Waals surface area (Å²) in [6.07, 6.45) is 1.48. The van der Waals surface area contributed by atoms with Gasteiger partial charge in [0, 0.05) is 24.2 Å². The second-order valence-electron chi connectivity index (χ2n) is 12.7. The zero-order chi connectivity index (χ0) is 32.7. The number of aliphatic carboxylic acids is 1. The Morgan fingerprint density at radius 2 is 1.17 bits per heavy atom. The Morgan fingerprint density at radius 3 is 1.67 bits per heavy atom. The molecule has 2 aromatic carbocycles. The number of hydrogen-bond donors (Lipinski definition) is 2. The third-order valence-corrected chi connectivity index (χ3v) is 6.81. The van der Waals surface area contributed by atoms with Gasteiger partial charge in [0.1, 0.15) is 23.3 Å². The molecule has 2 aliphatic rings. The smallest absolute Gasteiger partial charge is 0.411 e. The number of para-hydroxylation sites is 1. The van der Waals surface area contributed by atoms with E-state index in [0.717, 1.165) is 12.8 Å². The first-order valence-corrected chi connectivity index (χ1v) is 14.8. The molecule has 0 spiro atoms. The summed E-state index contributed by atoms with van der Waals surface area (Å²) in [5, 5.41) is 11.7. The van der Waals surface area contributed by atoms with E-state index < -0.39 is 41.4 Å². The largest absolute Gasteiger partial charge is 0.480 e. The molecule has 0 radical (unpaired) electrons. The van der Waals surface area contributed by atoms with Crippen molar-refractivity contribution in [2.24, 2.45) is 0 Å². The van der Waals surface area contributed by atoms with Crippen LogP contribution in [-0.4, -0.2) is 81.1 Å². The van der Waals surface area contributed by atoms with E-state index in [9.17, 15) is 24.0 Å². The van der Waals surface area contributed by atoms with Crippen LogP contribution in [0.15, 0.2) is 54.6 Å². The van der Waals surface area contributed by atoms with Gasteiger partial charge in [0.2, 0.25) is 5.91 Å². The van der Waals surface area contributed by atoms with Gasteiger partial charge in [-0.2, -0.15) is 0 Å². The molecule has 3 amide bonds. The summed E-state index contributed by atoms with van der Waals surface area (Å²) in [6.45, 7) is 11.6. The minimum absolute atomic E-state index is 0. The minimum Gasteiger partial charge on any atom is -0.480 e. The molecule has 2 atom stereocenters. The lowest BCUT2D eigenvalue weighted by Gasteiger charge is -2.28. The number of nitrogens with one attached hydrogen (secondary N) is 1. The third-order valence-electron chi connectivity index (χ3n) is 6.81. The maximum Gasteiger partial charge on any atom is 0.411 e. The molecule has 46 heavy (non-hydrogen) atoms. The molecule has 2 saturated heterocycles. The lowest BCUT2D eigenvalue weighted by atomic mass is 10.0. The molecule has 4 rings (SSSR count). The Morgan fingerprint density at radius 1 is 0.717 bits per heavy atom. The predicted octanol–water partition coefficient (Wildman–Crippen LogP) is 7.00. The fourth-order valence-electron chi connectivity index (χ4n) is 4.89. The summed E-state index contributed by atoms with van der Waals surface area (Å²) < 4.78 is 10.6. The van der Waals surface area contributed by atoms with Crippen LogP contribution in [0.5, 0.6) is 0 Å². The Hall–Kier alpha value is -4.41. The molecule has 0 bridgehead atoms. The number of amides is 3. The molecule has 2 heterocycles. The van der Waals surface area contributed by atoms with Gasteiger partial charge in [-0.1, -0.05) is 57.3 Å². The van der Waals surface area contributed by atoms with E-state index in [0.29, 0.717) is 42.7 Å². The summed E-state index contributed by atoms with van der Waals surface area (Å²) in [5.74, 6) is -1.45. The number of nitrogens with zero attached hydrogens (tertiary/aromatic N) is 2. The maximum absolute atomic E-state index is 12.9. The SMILES string of the molecule is C.C.CC(C)(C)OC(=O)N1CCC[C@H]1C(=O)Nc1ccccc1C(=O)c1ccccc1.CC(C)(C)OC(=O)N1CCC[C@H]1C(=O)O. The topological polar surface area (TPSA) is 143 Å². The molecule has 2 aliphatic heterocycles. The number of ether oxygens (including phenoxy) is 2. The standard InChI is InChI=1S/C23H26N2O4.C10H17NO4.2CH4/c1-23(2,3)29-22(28)25-15-9-14-19(25)21(27)24-18-13-8-7-12-17(18)20(26)16-10-5-4-6-11-16;1-10(2,3)15-9(14)11-6-4-5-7(11)8(12)13;;/h4-8,10-13,19H,9,14-15H2,1-3H3,(H,24,27);7H,4-6H2,1-3H3,(H,12,13);2*1H4/t19-;7-;;/m00../s1. The summed E-state index contributed by atoms with van der Waals surface area (Å²) in [4.78, 5) is 63.5. The summed E-state index contributed by atoms with van der Waals surface area (Å²) >= 11 is 0. The number of carbonyl (C=O) groups is 5. The first-order valence-electron chi connectivity index (χ1n) is 14.8. The summed E-state index contributed by atoms with van der Waals surface area (Å²) in [6, 6.07) is 14.5. The highest BCUT2D eigenvalue weighted by atomic mass is 16.6. The lowest BCUT2D eigenvalue weighted by molar-refractivity contribution is -0.142.